The molecular weight excluding hydrogens is 457 g/mol. The second-order valence-electron chi connectivity index (χ2n) is 7.31. The number of aliphatic carboxylic acids is 1. The molecule has 8 nitrogen and oxygen atoms in total. The van der Waals surface area contributed by atoms with Crippen molar-refractivity contribution < 1.29 is 49.4 Å². The first-order valence-corrected chi connectivity index (χ1v) is 10.1. The summed E-state index contributed by atoms with van der Waals surface area (Å²) in [6.07, 6.45) is 0.983. The van der Waals surface area contributed by atoms with E-state index in [0.717, 1.165) is 11.1 Å². The van der Waals surface area contributed by atoms with Crippen LogP contribution < -0.4 is 50.9 Å². The molecule has 0 fully saturated rings. The number of carboxylic acids is 1. The Bertz CT molecular complexity index is 1230. The van der Waals surface area contributed by atoms with Gasteiger partial charge in [-0.05, 0) is 47.4 Å². The van der Waals surface area contributed by atoms with E-state index in [1.807, 2.05) is 18.2 Å². The van der Waals surface area contributed by atoms with Gasteiger partial charge in [-0.2, -0.15) is 0 Å². The van der Waals surface area contributed by atoms with Crippen LogP contribution in [0.4, 0.5) is 10.5 Å². The number of nitrogens with one attached hydrogen (secondary N) is 2. The van der Waals surface area contributed by atoms with Gasteiger partial charge < -0.3 is 25.4 Å². The van der Waals surface area contributed by atoms with Gasteiger partial charge in [-0.25, -0.2) is 4.79 Å². The molecule has 0 aliphatic carbocycles. The Balaban J connectivity index is 0.00000385. The minimum Gasteiger partial charge on any atom is -0.871 e. The van der Waals surface area contributed by atoms with Crippen molar-refractivity contribution >= 4 is 29.3 Å². The normalized spacial score (nSPS) is 11.2. The van der Waals surface area contributed by atoms with E-state index >= 15 is 0 Å². The van der Waals surface area contributed by atoms with E-state index in [2.05, 4.69) is 10.6 Å². The van der Waals surface area contributed by atoms with Crippen molar-refractivity contribution in [3.05, 3.63) is 81.2 Å². The first-order chi connectivity index (χ1) is 15.2. The summed E-state index contributed by atoms with van der Waals surface area (Å²) < 4.78 is 1.19. The Morgan fingerprint density at radius 1 is 1.15 bits per heavy atom. The maximum atomic E-state index is 12.6. The van der Waals surface area contributed by atoms with Crippen LogP contribution in [0.15, 0.2) is 59.5 Å². The number of benzene rings is 2. The van der Waals surface area contributed by atoms with Crippen LogP contribution in [0.2, 0.25) is 5.02 Å². The Hall–Kier alpha value is -2.78. The summed E-state index contributed by atoms with van der Waals surface area (Å²) in [5, 5.41) is 27.0. The summed E-state index contributed by atoms with van der Waals surface area (Å²) in [4.78, 5) is 36.3. The zero-order valence-electron chi connectivity index (χ0n) is 18.4. The van der Waals surface area contributed by atoms with Gasteiger partial charge in [0.2, 0.25) is 0 Å². The third-order valence-corrected chi connectivity index (χ3v) is 5.15. The number of nitrogens with zero attached hydrogens (tertiary/aromatic N) is 1. The molecule has 3 rings (SSSR count). The molecule has 3 aromatic rings. The van der Waals surface area contributed by atoms with Gasteiger partial charge in [0.1, 0.15) is 5.69 Å². The van der Waals surface area contributed by atoms with Gasteiger partial charge in [0.15, 0.2) is 0 Å². The van der Waals surface area contributed by atoms with Crippen LogP contribution in [0.1, 0.15) is 23.6 Å². The van der Waals surface area contributed by atoms with Gasteiger partial charge in [0, 0.05) is 18.3 Å². The summed E-state index contributed by atoms with van der Waals surface area (Å²) in [6, 6.07) is 12.5. The minimum absolute atomic E-state index is 0. The molecule has 0 aliphatic rings. The molecule has 33 heavy (non-hydrogen) atoms. The number of rotatable bonds is 6. The van der Waals surface area contributed by atoms with Crippen molar-refractivity contribution in [1.29, 1.82) is 0 Å². The van der Waals surface area contributed by atoms with Crippen LogP contribution in [0.25, 0.3) is 11.1 Å². The van der Waals surface area contributed by atoms with Gasteiger partial charge in [0.25, 0.3) is 5.56 Å². The molecule has 0 saturated carbocycles. The summed E-state index contributed by atoms with van der Waals surface area (Å²) in [7, 11) is 1.47. The molecule has 1 atom stereocenters. The van der Waals surface area contributed by atoms with E-state index in [0.29, 0.717) is 16.1 Å². The molecule has 2 amide bonds. The van der Waals surface area contributed by atoms with Crippen molar-refractivity contribution in [2.45, 2.75) is 19.4 Å². The second kappa shape index (κ2) is 11.4. The van der Waals surface area contributed by atoms with E-state index < -0.39 is 41.5 Å². The Morgan fingerprint density at radius 3 is 2.45 bits per heavy atom. The Labute approximate surface area is 217 Å². The minimum atomic E-state index is -1.12. The number of carbonyl (C=O) groups is 2. The number of hydrogen-bond donors (Lipinski definition) is 3. The molecule has 1 unspecified atom stereocenters. The topological polar surface area (TPSA) is 123 Å². The zero-order valence-corrected chi connectivity index (χ0v) is 21.1. The fraction of sp³-hybridized carbons (Fsp3) is 0.174. The molecule has 1 aromatic heterocycles. The molecule has 2 aromatic carbocycles. The van der Waals surface area contributed by atoms with Crippen LogP contribution in [0.3, 0.4) is 0 Å². The smallest absolute Gasteiger partial charge is 0.871 e. The predicted octanol–water partition coefficient (Wildman–Crippen LogP) is 0.429. The molecule has 0 spiro atoms. The summed E-state index contributed by atoms with van der Waals surface area (Å²) in [6.45, 7) is 1.53. The summed E-state index contributed by atoms with van der Waals surface area (Å²) in [5.41, 5.74) is 1.47. The van der Waals surface area contributed by atoms with Gasteiger partial charge in [-0.3, -0.25) is 9.59 Å². The molecule has 0 aliphatic heterocycles. The van der Waals surface area contributed by atoms with E-state index in [1.165, 1.54) is 24.7 Å². The number of urea groups is 1. The quantitative estimate of drug-likeness (QED) is 0.444. The van der Waals surface area contributed by atoms with Crippen LogP contribution in [-0.2, 0) is 11.8 Å². The van der Waals surface area contributed by atoms with E-state index in [1.54, 1.807) is 30.3 Å². The molecule has 0 saturated heterocycles. The number of halogens is 1. The maximum Gasteiger partial charge on any atom is 1.00 e. The van der Waals surface area contributed by atoms with Crippen LogP contribution in [0, 0.1) is 6.92 Å². The van der Waals surface area contributed by atoms with Crippen LogP contribution in [0.5, 0.6) is 5.75 Å². The first kappa shape index (κ1) is 26.5. The number of pyridine rings is 1. The molecule has 10 heteroatoms. The maximum absolute atomic E-state index is 12.6. The standard InChI is InChI=1S/C23H22ClN3O5.Na/c1-13-12-27(2)22(31)20(21(13)30)26-23(32)25-18(11-19(28)29)16-5-3-4-15(10-16)14-6-8-17(24)9-7-14;/h3-10,12,18,30H,11H2,1-2H3,(H,28,29)(H2,25,26,32);/q;+1/p-1. The van der Waals surface area contributed by atoms with Gasteiger partial charge in [-0.15, -0.1) is 0 Å². The van der Waals surface area contributed by atoms with Crippen molar-refractivity contribution in [2.24, 2.45) is 7.05 Å². The fourth-order valence-electron chi connectivity index (χ4n) is 3.30. The Kier molecular flexibility index (Phi) is 9.13. The third-order valence-electron chi connectivity index (χ3n) is 4.90. The molecular formula is C23H21ClN3NaO5. The average molecular weight is 478 g/mol. The average Bonchev–Trinajstić information content (AvgIpc) is 2.75. The van der Waals surface area contributed by atoms with Gasteiger partial charge in [-0.1, -0.05) is 47.7 Å². The number of amides is 2. The SMILES string of the molecule is Cc1cn(C)c(=O)c(NC(=O)NC(CC(=O)O)c2cccc(-c3ccc(Cl)cc3)c2)c1[O-].[Na+]. The predicted molar refractivity (Wildman–Crippen MR) is 120 cm³/mol. The second-order valence-corrected chi connectivity index (χ2v) is 7.75. The summed E-state index contributed by atoms with van der Waals surface area (Å²) >= 11 is 5.94. The first-order valence-electron chi connectivity index (χ1n) is 9.68. The van der Waals surface area contributed by atoms with Crippen molar-refractivity contribution in [3.8, 4) is 16.9 Å². The number of aryl methyl sites for hydroxylation is 2. The number of hydrogen-bond acceptors (Lipinski definition) is 4. The van der Waals surface area contributed by atoms with Crippen LogP contribution >= 0.6 is 11.6 Å². The number of carboxylic acid groups (broad SMARTS) is 1. The Morgan fingerprint density at radius 2 is 1.82 bits per heavy atom. The molecule has 0 bridgehead atoms. The number of aromatic nitrogens is 1. The summed E-state index contributed by atoms with van der Waals surface area (Å²) in [5.74, 6) is -1.72. The largest absolute Gasteiger partial charge is 1.00 e. The molecule has 0 radical (unpaired) electrons. The van der Waals surface area contributed by atoms with E-state index in [9.17, 15) is 24.6 Å². The van der Waals surface area contributed by atoms with Crippen molar-refractivity contribution in [3.63, 3.8) is 0 Å². The van der Waals surface area contributed by atoms with Crippen LogP contribution in [-0.4, -0.2) is 21.7 Å². The molecule has 166 valence electrons. The zero-order chi connectivity index (χ0) is 23.4. The number of carbonyl (C=O) groups excluding carboxylic acids is 1. The van der Waals surface area contributed by atoms with Crippen molar-refractivity contribution in [1.82, 2.24) is 9.88 Å². The van der Waals surface area contributed by atoms with E-state index in [4.69, 9.17) is 11.6 Å². The fourth-order valence-corrected chi connectivity index (χ4v) is 3.43. The number of anilines is 1. The monoisotopic (exact) mass is 477 g/mol. The third kappa shape index (κ3) is 6.61. The molecule has 1 heterocycles. The van der Waals surface area contributed by atoms with Crippen molar-refractivity contribution in [2.75, 3.05) is 5.32 Å². The van der Waals surface area contributed by atoms with Gasteiger partial charge >= 0.3 is 41.6 Å². The van der Waals surface area contributed by atoms with E-state index in [-0.39, 0.29) is 29.6 Å². The van der Waals surface area contributed by atoms with Gasteiger partial charge in [0.05, 0.1) is 12.5 Å². The molecule has 3 N–H and O–H groups in total.